The first-order chi connectivity index (χ1) is 14.7. The molecule has 0 aromatic heterocycles. The minimum atomic E-state index is -4.89. The van der Waals surface area contributed by atoms with E-state index < -0.39 is 39.6 Å². The van der Waals surface area contributed by atoms with Gasteiger partial charge in [-0.1, -0.05) is 30.3 Å². The number of carbonyl (C=O) groups is 1. The van der Waals surface area contributed by atoms with Crippen LogP contribution in [-0.4, -0.2) is 41.9 Å². The van der Waals surface area contributed by atoms with Crippen LogP contribution < -0.4 is 10.1 Å². The van der Waals surface area contributed by atoms with Crippen LogP contribution in [0.2, 0.25) is 0 Å². The van der Waals surface area contributed by atoms with Crippen molar-refractivity contribution in [3.05, 3.63) is 69.3 Å². The third kappa shape index (κ3) is 5.32. The average Bonchev–Trinajstić information content (AvgIpc) is 2.76. The molecule has 0 spiro atoms. The van der Waals surface area contributed by atoms with Gasteiger partial charge in [-0.05, 0) is 24.9 Å². The smallest absolute Gasteiger partial charge is 0.417 e. The molecule has 0 radical (unpaired) electrons. The molecular formula is C21H22F3N3O4. The molecule has 1 atom stereocenters. The number of benzene rings is 2. The second-order valence-corrected chi connectivity index (χ2v) is 7.31. The summed E-state index contributed by atoms with van der Waals surface area (Å²) in [6.45, 7) is 1.06. The summed E-state index contributed by atoms with van der Waals surface area (Å²) < 4.78 is 46.7. The number of rotatable bonds is 6. The predicted molar refractivity (Wildman–Crippen MR) is 107 cm³/mol. The lowest BCUT2D eigenvalue weighted by molar-refractivity contribution is -0.386. The molecule has 1 amide bonds. The number of amides is 1. The van der Waals surface area contributed by atoms with E-state index in [1.165, 1.54) is 11.9 Å². The van der Waals surface area contributed by atoms with Crippen LogP contribution in [0.3, 0.4) is 0 Å². The number of ether oxygens (including phenoxy) is 1. The van der Waals surface area contributed by atoms with Gasteiger partial charge in [-0.15, -0.1) is 0 Å². The van der Waals surface area contributed by atoms with Crippen LogP contribution in [0.1, 0.15) is 34.3 Å². The van der Waals surface area contributed by atoms with Crippen molar-refractivity contribution in [1.82, 2.24) is 10.2 Å². The van der Waals surface area contributed by atoms with Gasteiger partial charge in [0.05, 0.1) is 16.1 Å². The fourth-order valence-electron chi connectivity index (χ4n) is 3.49. The van der Waals surface area contributed by atoms with Gasteiger partial charge in [-0.3, -0.25) is 14.9 Å². The summed E-state index contributed by atoms with van der Waals surface area (Å²) >= 11 is 0. The van der Waals surface area contributed by atoms with Gasteiger partial charge >= 0.3 is 11.9 Å². The molecule has 0 unspecified atom stereocenters. The highest BCUT2D eigenvalue weighted by molar-refractivity contribution is 5.97. The minimum absolute atomic E-state index is 0.153. The van der Waals surface area contributed by atoms with Crippen LogP contribution >= 0.6 is 0 Å². The van der Waals surface area contributed by atoms with E-state index in [1.807, 2.05) is 0 Å². The first-order valence-corrected chi connectivity index (χ1v) is 9.72. The molecule has 2 aromatic carbocycles. The van der Waals surface area contributed by atoms with Gasteiger partial charge in [0.15, 0.2) is 5.75 Å². The number of hydrogen-bond donors (Lipinski definition) is 1. The zero-order chi connectivity index (χ0) is 22.6. The highest BCUT2D eigenvalue weighted by Crippen LogP contribution is 2.40. The number of alkyl halides is 3. The van der Waals surface area contributed by atoms with Crippen molar-refractivity contribution in [2.24, 2.45) is 0 Å². The molecule has 0 bridgehead atoms. The Labute approximate surface area is 177 Å². The number of likely N-dealkylation sites (N-methyl/N-ethyl adjacent to an activating group) is 1. The number of carbonyl (C=O) groups excluding carboxylic acids is 1. The van der Waals surface area contributed by atoms with Crippen LogP contribution in [0.25, 0.3) is 0 Å². The van der Waals surface area contributed by atoms with Crippen molar-refractivity contribution in [2.45, 2.75) is 31.7 Å². The lowest BCUT2D eigenvalue weighted by Crippen LogP contribution is -2.47. The average molecular weight is 437 g/mol. The third-order valence-electron chi connectivity index (χ3n) is 5.21. The van der Waals surface area contributed by atoms with E-state index in [0.717, 1.165) is 13.0 Å². The number of nitro benzene ring substituents is 1. The Morgan fingerprint density at radius 2 is 2.00 bits per heavy atom. The van der Waals surface area contributed by atoms with Gasteiger partial charge in [0.25, 0.3) is 5.91 Å². The van der Waals surface area contributed by atoms with Crippen molar-refractivity contribution < 1.29 is 27.6 Å². The normalized spacial score (nSPS) is 16.6. The van der Waals surface area contributed by atoms with E-state index in [0.29, 0.717) is 30.7 Å². The molecule has 3 rings (SSSR count). The molecule has 7 nitrogen and oxygen atoms in total. The Bertz CT molecular complexity index is 945. The fraction of sp³-hybridized carbons (Fsp3) is 0.381. The first kappa shape index (κ1) is 22.5. The van der Waals surface area contributed by atoms with E-state index in [4.69, 9.17) is 4.74 Å². The van der Waals surface area contributed by atoms with Crippen molar-refractivity contribution in [3.63, 3.8) is 0 Å². The lowest BCUT2D eigenvalue weighted by atomic mass is 10.0. The molecule has 1 saturated heterocycles. The molecule has 1 N–H and O–H groups in total. The van der Waals surface area contributed by atoms with Gasteiger partial charge in [0.2, 0.25) is 0 Å². The number of nitrogens with zero attached hydrogens (tertiary/aromatic N) is 2. The van der Waals surface area contributed by atoms with Crippen LogP contribution in [-0.2, 0) is 12.8 Å². The van der Waals surface area contributed by atoms with E-state index in [2.05, 4.69) is 5.32 Å². The van der Waals surface area contributed by atoms with E-state index in [-0.39, 0.29) is 12.6 Å². The Morgan fingerprint density at radius 1 is 1.29 bits per heavy atom. The summed E-state index contributed by atoms with van der Waals surface area (Å²) in [6, 6.07) is 9.46. The summed E-state index contributed by atoms with van der Waals surface area (Å²) in [5.74, 6) is -1.46. The Hall–Kier alpha value is -3.14. The van der Waals surface area contributed by atoms with Crippen LogP contribution in [0, 0.1) is 10.1 Å². The lowest BCUT2D eigenvalue weighted by Gasteiger charge is -2.32. The second kappa shape index (κ2) is 9.34. The second-order valence-electron chi connectivity index (χ2n) is 7.31. The Kier molecular flexibility index (Phi) is 6.79. The van der Waals surface area contributed by atoms with E-state index >= 15 is 0 Å². The Balaban J connectivity index is 1.99. The molecule has 1 aliphatic rings. The summed E-state index contributed by atoms with van der Waals surface area (Å²) in [5, 5.41) is 14.6. The summed E-state index contributed by atoms with van der Waals surface area (Å²) in [7, 11) is 1.41. The number of nitrogens with one attached hydrogen (secondary N) is 1. The van der Waals surface area contributed by atoms with Gasteiger partial charge in [-0.2, -0.15) is 13.2 Å². The van der Waals surface area contributed by atoms with Crippen molar-refractivity contribution in [2.75, 3.05) is 20.1 Å². The number of nitro groups is 1. The van der Waals surface area contributed by atoms with Crippen LogP contribution in [0.15, 0.2) is 42.5 Å². The highest BCUT2D eigenvalue weighted by atomic mass is 19.4. The van der Waals surface area contributed by atoms with Crippen molar-refractivity contribution in [3.8, 4) is 5.75 Å². The van der Waals surface area contributed by atoms with Crippen LogP contribution in [0.5, 0.6) is 5.75 Å². The largest absolute Gasteiger partial charge is 0.482 e. The topological polar surface area (TPSA) is 84.7 Å². The molecule has 2 aromatic rings. The number of piperidine rings is 1. The number of hydrogen-bond acceptors (Lipinski definition) is 5. The fourth-order valence-corrected chi connectivity index (χ4v) is 3.49. The summed E-state index contributed by atoms with van der Waals surface area (Å²) in [5.41, 5.74) is -2.08. The molecule has 166 valence electrons. The monoisotopic (exact) mass is 437 g/mol. The van der Waals surface area contributed by atoms with Crippen molar-refractivity contribution in [1.29, 1.82) is 0 Å². The maximum absolute atomic E-state index is 13.8. The quantitative estimate of drug-likeness (QED) is 0.545. The summed E-state index contributed by atoms with van der Waals surface area (Å²) in [6.07, 6.45) is -3.48. The number of halogens is 3. The van der Waals surface area contributed by atoms with Crippen LogP contribution in [0.4, 0.5) is 18.9 Å². The third-order valence-corrected chi connectivity index (χ3v) is 5.21. The molecule has 1 heterocycles. The maximum Gasteiger partial charge on any atom is 0.417 e. The van der Waals surface area contributed by atoms with Gasteiger partial charge in [0.1, 0.15) is 6.61 Å². The molecule has 0 saturated carbocycles. The minimum Gasteiger partial charge on any atom is -0.482 e. The van der Waals surface area contributed by atoms with Gasteiger partial charge in [-0.25, -0.2) is 0 Å². The first-order valence-electron chi connectivity index (χ1n) is 9.72. The molecule has 31 heavy (non-hydrogen) atoms. The molecule has 1 fully saturated rings. The zero-order valence-corrected chi connectivity index (χ0v) is 16.8. The summed E-state index contributed by atoms with van der Waals surface area (Å²) in [4.78, 5) is 24.8. The highest BCUT2D eigenvalue weighted by Gasteiger charge is 2.39. The van der Waals surface area contributed by atoms with Gasteiger partial charge < -0.3 is 15.0 Å². The zero-order valence-electron chi connectivity index (χ0n) is 16.8. The standard InChI is InChI=1S/C21H22F3N3O4/c1-26(15-8-5-9-25-12-15)20(28)16-10-18(27(29)30)19(11-17(16)21(22,23)24)31-13-14-6-3-2-4-7-14/h2-4,6-7,10-11,15,25H,5,8-9,12-13H2,1H3/t15-/m1/s1. The predicted octanol–water partition coefficient (Wildman–Crippen LogP) is 4.02. The van der Waals surface area contributed by atoms with E-state index in [9.17, 15) is 28.1 Å². The maximum atomic E-state index is 13.8. The molecule has 10 heteroatoms. The Morgan fingerprint density at radius 3 is 2.58 bits per heavy atom. The molecule has 1 aliphatic heterocycles. The SMILES string of the molecule is CN(C(=O)c1cc([N+](=O)[O-])c(OCc2ccccc2)cc1C(F)(F)F)[C@@H]1CCCNC1. The molecular weight excluding hydrogens is 415 g/mol. The molecule has 0 aliphatic carbocycles. The van der Waals surface area contributed by atoms with Gasteiger partial charge in [0, 0.05) is 31.8 Å². The van der Waals surface area contributed by atoms with E-state index in [1.54, 1.807) is 30.3 Å². The van der Waals surface area contributed by atoms with Crippen molar-refractivity contribution >= 4 is 11.6 Å².